The lowest BCUT2D eigenvalue weighted by Crippen LogP contribution is -2.35. The summed E-state index contributed by atoms with van der Waals surface area (Å²) in [6, 6.07) is -0.444. The van der Waals surface area contributed by atoms with Crippen LogP contribution in [0.2, 0.25) is 0 Å². The fraction of sp³-hybridized carbons (Fsp3) is 0.800. The Morgan fingerprint density at radius 1 is 1.67 bits per heavy atom. The third kappa shape index (κ3) is 5.59. The summed E-state index contributed by atoms with van der Waals surface area (Å²) in [5.74, 6) is -0.410. The minimum atomic E-state index is -0.444. The number of nitrogens with two attached hydrogens (primary N) is 2. The highest BCUT2D eigenvalue weighted by molar-refractivity contribution is 5.85. The summed E-state index contributed by atoms with van der Waals surface area (Å²) in [6.45, 7) is 1.96. The van der Waals surface area contributed by atoms with Gasteiger partial charge in [-0.1, -0.05) is 13.3 Å². The summed E-state index contributed by atoms with van der Waals surface area (Å²) in [4.78, 5) is 10.2. The van der Waals surface area contributed by atoms with Crippen molar-refractivity contribution in [2.24, 2.45) is 11.5 Å². The average Bonchev–Trinajstić information content (AvgIpc) is 1.67. The van der Waals surface area contributed by atoms with E-state index >= 15 is 0 Å². The van der Waals surface area contributed by atoms with Crippen molar-refractivity contribution in [2.75, 3.05) is 0 Å². The number of carbonyl (C=O) groups excluding carboxylic acids is 1. The van der Waals surface area contributed by atoms with Crippen LogP contribution in [0, 0.1) is 0 Å². The Bertz CT molecular complexity index is 87.0. The van der Waals surface area contributed by atoms with Crippen LogP contribution in [0.15, 0.2) is 0 Å². The number of amides is 1. The van der Waals surface area contributed by atoms with Crippen molar-refractivity contribution in [3.8, 4) is 0 Å². The van der Waals surface area contributed by atoms with Crippen molar-refractivity contribution in [1.29, 1.82) is 0 Å². The van der Waals surface area contributed by atoms with Crippen LogP contribution in [0.25, 0.3) is 0 Å². The molecule has 0 radical (unpaired) electrons. The third-order valence-electron chi connectivity index (χ3n) is 0.965. The van der Waals surface area contributed by atoms with E-state index in [-0.39, 0.29) is 12.4 Å². The normalized spacial score (nSPS) is 11.8. The second-order valence-corrected chi connectivity index (χ2v) is 1.80. The molecule has 0 spiro atoms. The molecule has 0 aliphatic rings. The first-order valence-electron chi connectivity index (χ1n) is 2.73. The van der Waals surface area contributed by atoms with Crippen molar-refractivity contribution < 1.29 is 4.79 Å². The van der Waals surface area contributed by atoms with Gasteiger partial charge in [-0.05, 0) is 6.42 Å². The van der Waals surface area contributed by atoms with Gasteiger partial charge in [0, 0.05) is 0 Å². The topological polar surface area (TPSA) is 69.1 Å². The maximum Gasteiger partial charge on any atom is 0.234 e. The zero-order valence-electron chi connectivity index (χ0n) is 5.46. The van der Waals surface area contributed by atoms with Gasteiger partial charge in [0.2, 0.25) is 5.91 Å². The van der Waals surface area contributed by atoms with E-state index in [0.717, 1.165) is 6.42 Å². The number of primary amides is 1. The van der Waals surface area contributed by atoms with Crippen molar-refractivity contribution in [3.63, 3.8) is 0 Å². The molecular formula is C5H13ClN2O. The van der Waals surface area contributed by atoms with E-state index in [9.17, 15) is 4.79 Å². The van der Waals surface area contributed by atoms with Gasteiger partial charge in [-0.25, -0.2) is 0 Å². The molecule has 1 atom stereocenters. The Morgan fingerprint density at radius 2 is 2.11 bits per heavy atom. The second kappa shape index (κ2) is 5.85. The van der Waals surface area contributed by atoms with Crippen molar-refractivity contribution in [1.82, 2.24) is 0 Å². The average molecular weight is 153 g/mol. The second-order valence-electron chi connectivity index (χ2n) is 1.80. The Labute approximate surface area is 61.2 Å². The highest BCUT2D eigenvalue weighted by atomic mass is 35.5. The summed E-state index contributed by atoms with van der Waals surface area (Å²) in [5.41, 5.74) is 10.1. The van der Waals surface area contributed by atoms with Gasteiger partial charge in [0.1, 0.15) is 0 Å². The van der Waals surface area contributed by atoms with Gasteiger partial charge in [0.15, 0.2) is 0 Å². The molecule has 4 heteroatoms. The summed E-state index contributed by atoms with van der Waals surface area (Å²) >= 11 is 0. The number of hydrogen-bond donors (Lipinski definition) is 2. The highest BCUT2D eigenvalue weighted by Gasteiger charge is 2.05. The maximum absolute atomic E-state index is 10.2. The zero-order chi connectivity index (χ0) is 6.57. The van der Waals surface area contributed by atoms with Gasteiger partial charge < -0.3 is 11.5 Å². The molecule has 9 heavy (non-hydrogen) atoms. The van der Waals surface area contributed by atoms with Crippen LogP contribution < -0.4 is 11.5 Å². The Balaban J connectivity index is 0. The summed E-state index contributed by atoms with van der Waals surface area (Å²) in [5, 5.41) is 0. The largest absolute Gasteiger partial charge is 0.368 e. The van der Waals surface area contributed by atoms with Crippen LogP contribution in [0.5, 0.6) is 0 Å². The van der Waals surface area contributed by atoms with Gasteiger partial charge in [0.05, 0.1) is 6.04 Å². The van der Waals surface area contributed by atoms with E-state index in [1.165, 1.54) is 0 Å². The van der Waals surface area contributed by atoms with Crippen LogP contribution in [0.4, 0.5) is 0 Å². The fourth-order valence-electron chi connectivity index (χ4n) is 0.453. The van der Waals surface area contributed by atoms with Gasteiger partial charge in [-0.15, -0.1) is 12.4 Å². The smallest absolute Gasteiger partial charge is 0.234 e. The predicted octanol–water partition coefficient (Wildman–Crippen LogP) is 0.0209. The minimum Gasteiger partial charge on any atom is -0.368 e. The summed E-state index contributed by atoms with van der Waals surface area (Å²) in [7, 11) is 0. The minimum absolute atomic E-state index is 0. The van der Waals surface area contributed by atoms with Gasteiger partial charge in [0.25, 0.3) is 0 Å². The number of hydrogen-bond acceptors (Lipinski definition) is 2. The molecule has 0 saturated heterocycles. The van der Waals surface area contributed by atoms with Gasteiger partial charge in [-0.3, -0.25) is 4.79 Å². The van der Waals surface area contributed by atoms with Gasteiger partial charge >= 0.3 is 0 Å². The van der Waals surface area contributed by atoms with E-state index in [0.29, 0.717) is 6.42 Å². The molecule has 4 N–H and O–H groups in total. The van der Waals surface area contributed by atoms with Crippen molar-refractivity contribution in [2.45, 2.75) is 25.8 Å². The van der Waals surface area contributed by atoms with Gasteiger partial charge in [-0.2, -0.15) is 0 Å². The van der Waals surface area contributed by atoms with E-state index < -0.39 is 11.9 Å². The molecule has 3 nitrogen and oxygen atoms in total. The maximum atomic E-state index is 10.2. The number of carbonyl (C=O) groups is 1. The summed E-state index contributed by atoms with van der Waals surface area (Å²) < 4.78 is 0. The van der Waals surface area contributed by atoms with E-state index in [1.54, 1.807) is 0 Å². The molecule has 56 valence electrons. The molecule has 0 fully saturated rings. The monoisotopic (exact) mass is 152 g/mol. The number of halogens is 1. The fourth-order valence-corrected chi connectivity index (χ4v) is 0.453. The zero-order valence-corrected chi connectivity index (χ0v) is 6.28. The molecule has 0 rings (SSSR count). The third-order valence-corrected chi connectivity index (χ3v) is 0.965. The molecule has 0 aromatic heterocycles. The molecule has 0 aromatic rings. The molecule has 1 amide bonds. The quantitative estimate of drug-likeness (QED) is 0.599. The van der Waals surface area contributed by atoms with Crippen LogP contribution in [-0.2, 0) is 4.79 Å². The van der Waals surface area contributed by atoms with E-state index in [2.05, 4.69) is 0 Å². The first kappa shape index (κ1) is 11.5. The van der Waals surface area contributed by atoms with Crippen LogP contribution in [0.3, 0.4) is 0 Å². The molecule has 0 aliphatic heterocycles. The SMILES string of the molecule is CCC[C@@H](N)C(N)=O.Cl. The van der Waals surface area contributed by atoms with E-state index in [4.69, 9.17) is 11.5 Å². The molecule has 0 aliphatic carbocycles. The van der Waals surface area contributed by atoms with Crippen molar-refractivity contribution in [3.05, 3.63) is 0 Å². The highest BCUT2D eigenvalue weighted by Crippen LogP contribution is 1.89. The van der Waals surface area contributed by atoms with Crippen molar-refractivity contribution >= 4 is 18.3 Å². The predicted molar refractivity (Wildman–Crippen MR) is 39.3 cm³/mol. The Kier molecular flexibility index (Phi) is 7.48. The Hall–Kier alpha value is -0.280. The molecule has 0 heterocycles. The molecule has 0 aromatic carbocycles. The van der Waals surface area contributed by atoms with Crippen LogP contribution in [0.1, 0.15) is 19.8 Å². The first-order chi connectivity index (χ1) is 3.68. The lowest BCUT2D eigenvalue weighted by atomic mass is 10.2. The molecular weight excluding hydrogens is 140 g/mol. The lowest BCUT2D eigenvalue weighted by Gasteiger charge is -2.01. The Morgan fingerprint density at radius 3 is 2.22 bits per heavy atom. The molecule has 0 saturated carbocycles. The molecule has 0 unspecified atom stereocenters. The standard InChI is InChI=1S/C5H12N2O.ClH/c1-2-3-4(6)5(7)8;/h4H,2-3,6H2,1H3,(H2,7,8);1H/t4-;/m1./s1. The van der Waals surface area contributed by atoms with Crippen LogP contribution in [-0.4, -0.2) is 11.9 Å². The van der Waals surface area contributed by atoms with E-state index in [1.807, 2.05) is 6.92 Å². The van der Waals surface area contributed by atoms with Crippen LogP contribution >= 0.6 is 12.4 Å². The molecule has 0 bridgehead atoms. The first-order valence-corrected chi connectivity index (χ1v) is 2.73. The lowest BCUT2D eigenvalue weighted by molar-refractivity contribution is -0.119. The summed E-state index contributed by atoms with van der Waals surface area (Å²) in [6.07, 6.45) is 1.60. The number of rotatable bonds is 3.